The summed E-state index contributed by atoms with van der Waals surface area (Å²) in [6.45, 7) is 6.18. The molecular weight excluding hydrogens is 427 g/mol. The van der Waals surface area contributed by atoms with E-state index in [4.69, 9.17) is 4.74 Å². The van der Waals surface area contributed by atoms with E-state index < -0.39 is 0 Å². The predicted molar refractivity (Wildman–Crippen MR) is 106 cm³/mol. The number of methoxy groups -OCH3 is 1. The van der Waals surface area contributed by atoms with Crippen LogP contribution in [0, 0.1) is 5.92 Å². The highest BCUT2D eigenvalue weighted by Crippen LogP contribution is 2.22. The van der Waals surface area contributed by atoms with Crippen molar-refractivity contribution < 1.29 is 9.53 Å². The van der Waals surface area contributed by atoms with Gasteiger partial charge in [-0.25, -0.2) is 0 Å². The molecule has 1 unspecified atom stereocenters. The van der Waals surface area contributed by atoms with Gasteiger partial charge in [0.2, 0.25) is 0 Å². The van der Waals surface area contributed by atoms with E-state index in [2.05, 4.69) is 37.6 Å². The lowest BCUT2D eigenvalue weighted by Crippen LogP contribution is -2.53. The molecular formula is C15H25IN4O2S. The molecule has 2 rings (SSSR count). The average molecular weight is 452 g/mol. The minimum Gasteiger partial charge on any atom is -0.469 e. The van der Waals surface area contributed by atoms with Crippen molar-refractivity contribution in [1.29, 1.82) is 0 Å². The first-order valence-corrected chi connectivity index (χ1v) is 8.35. The molecule has 0 saturated carbocycles. The molecule has 0 aromatic carbocycles. The maximum absolute atomic E-state index is 11.4. The topological polar surface area (TPSA) is 57.2 Å². The summed E-state index contributed by atoms with van der Waals surface area (Å²) in [7, 11) is 3.19. The molecule has 23 heavy (non-hydrogen) atoms. The molecule has 1 aliphatic heterocycles. The summed E-state index contributed by atoms with van der Waals surface area (Å²) < 4.78 is 4.74. The summed E-state index contributed by atoms with van der Waals surface area (Å²) in [6, 6.07) is 4.24. The Morgan fingerprint density at radius 2 is 2.13 bits per heavy atom. The van der Waals surface area contributed by atoms with Gasteiger partial charge >= 0.3 is 5.97 Å². The molecule has 1 aromatic heterocycles. The minimum atomic E-state index is -0.203. The van der Waals surface area contributed by atoms with E-state index >= 15 is 0 Å². The van der Waals surface area contributed by atoms with E-state index in [-0.39, 0.29) is 35.9 Å². The number of esters is 1. The van der Waals surface area contributed by atoms with Gasteiger partial charge in [0.05, 0.1) is 18.0 Å². The first-order valence-electron chi connectivity index (χ1n) is 7.47. The van der Waals surface area contributed by atoms with Crippen LogP contribution in [0.3, 0.4) is 0 Å². The Balaban J connectivity index is 0.00000264. The lowest BCUT2D eigenvalue weighted by atomic mass is 10.2. The molecule has 0 bridgehead atoms. The Morgan fingerprint density at radius 1 is 1.43 bits per heavy atom. The third-order valence-electron chi connectivity index (χ3n) is 3.78. The Bertz CT molecular complexity index is 502. The van der Waals surface area contributed by atoms with Crippen LogP contribution in [0.25, 0.3) is 0 Å². The van der Waals surface area contributed by atoms with Gasteiger partial charge < -0.3 is 19.9 Å². The second-order valence-corrected chi connectivity index (χ2v) is 6.20. The Hall–Kier alpha value is -1.03. The second kappa shape index (κ2) is 9.96. The van der Waals surface area contributed by atoms with Crippen LogP contribution in [0.1, 0.15) is 6.92 Å². The van der Waals surface area contributed by atoms with Crippen molar-refractivity contribution in [1.82, 2.24) is 10.2 Å². The number of hydrogen-bond acceptors (Lipinski definition) is 5. The summed E-state index contributed by atoms with van der Waals surface area (Å²) in [4.78, 5) is 20.4. The van der Waals surface area contributed by atoms with Gasteiger partial charge in [-0.1, -0.05) is 6.92 Å². The molecule has 1 atom stereocenters. The number of thiophene rings is 1. The molecule has 1 aromatic rings. The monoisotopic (exact) mass is 452 g/mol. The third kappa shape index (κ3) is 5.52. The van der Waals surface area contributed by atoms with E-state index in [9.17, 15) is 4.79 Å². The van der Waals surface area contributed by atoms with Gasteiger partial charge in [0.15, 0.2) is 5.96 Å². The van der Waals surface area contributed by atoms with Crippen LogP contribution < -0.4 is 10.2 Å². The van der Waals surface area contributed by atoms with E-state index in [1.54, 1.807) is 18.4 Å². The quantitative estimate of drug-likeness (QED) is 0.327. The zero-order valence-corrected chi connectivity index (χ0v) is 17.0. The smallest absolute Gasteiger partial charge is 0.310 e. The summed E-state index contributed by atoms with van der Waals surface area (Å²) in [5, 5.41) is 6.69. The van der Waals surface area contributed by atoms with Gasteiger partial charge in [0.1, 0.15) is 0 Å². The zero-order chi connectivity index (χ0) is 15.9. The number of piperazine rings is 1. The summed E-state index contributed by atoms with van der Waals surface area (Å²) >= 11 is 1.77. The number of rotatable bonds is 4. The fourth-order valence-electron chi connectivity index (χ4n) is 2.45. The number of aliphatic imine (C=N–C) groups is 1. The van der Waals surface area contributed by atoms with E-state index in [1.807, 2.05) is 6.92 Å². The van der Waals surface area contributed by atoms with Gasteiger partial charge in [0.25, 0.3) is 0 Å². The molecule has 0 spiro atoms. The number of nitrogens with one attached hydrogen (secondary N) is 1. The van der Waals surface area contributed by atoms with Crippen molar-refractivity contribution in [3.63, 3.8) is 0 Å². The number of nitrogens with zero attached hydrogens (tertiary/aromatic N) is 3. The van der Waals surface area contributed by atoms with Gasteiger partial charge in [-0.05, 0) is 17.5 Å². The molecule has 6 nitrogen and oxygen atoms in total. The van der Waals surface area contributed by atoms with Gasteiger partial charge in [-0.2, -0.15) is 0 Å². The van der Waals surface area contributed by atoms with Crippen LogP contribution in [0.15, 0.2) is 22.5 Å². The van der Waals surface area contributed by atoms with E-state index in [1.165, 1.54) is 12.1 Å². The van der Waals surface area contributed by atoms with Crippen molar-refractivity contribution in [3.8, 4) is 0 Å². The molecule has 1 fully saturated rings. The SMILES string of the molecule is CN=C(NCC(C)C(=O)OC)N1CCN(c2cccs2)CC1.I. The molecule has 1 N–H and O–H groups in total. The first-order chi connectivity index (χ1) is 10.7. The highest BCUT2D eigenvalue weighted by molar-refractivity contribution is 14.0. The lowest BCUT2D eigenvalue weighted by molar-refractivity contribution is -0.144. The molecule has 0 aliphatic carbocycles. The summed E-state index contributed by atoms with van der Waals surface area (Å²) in [6.07, 6.45) is 0. The normalized spacial score (nSPS) is 16.6. The van der Waals surface area contributed by atoms with Crippen LogP contribution >= 0.6 is 35.3 Å². The fraction of sp³-hybridized carbons (Fsp3) is 0.600. The Labute approximate surface area is 158 Å². The molecule has 8 heteroatoms. The standard InChI is InChI=1S/C15H24N4O2S.HI/c1-12(14(20)21-3)11-17-15(16-2)19-8-6-18(7-9-19)13-5-4-10-22-13;/h4-5,10,12H,6-9,11H2,1-3H3,(H,16,17);1H. The van der Waals surface area contributed by atoms with Gasteiger partial charge in [0, 0.05) is 39.8 Å². The average Bonchev–Trinajstić information content (AvgIpc) is 3.09. The number of ether oxygens (including phenoxy) is 1. The van der Waals surface area contributed by atoms with Gasteiger partial charge in [-0.3, -0.25) is 9.79 Å². The number of hydrogen-bond donors (Lipinski definition) is 1. The number of anilines is 1. The maximum Gasteiger partial charge on any atom is 0.310 e. The molecule has 1 saturated heterocycles. The highest BCUT2D eigenvalue weighted by atomic mass is 127. The first kappa shape index (κ1) is 20.0. The fourth-order valence-corrected chi connectivity index (χ4v) is 3.23. The van der Waals surface area contributed by atoms with Crippen molar-refractivity contribution in [2.24, 2.45) is 10.9 Å². The van der Waals surface area contributed by atoms with Crippen LogP contribution in [0.5, 0.6) is 0 Å². The molecule has 1 aliphatic rings. The Morgan fingerprint density at radius 3 is 2.65 bits per heavy atom. The van der Waals surface area contributed by atoms with Crippen LogP contribution in [-0.4, -0.2) is 63.7 Å². The van der Waals surface area contributed by atoms with Crippen LogP contribution in [-0.2, 0) is 9.53 Å². The van der Waals surface area contributed by atoms with E-state index in [0.717, 1.165) is 32.1 Å². The van der Waals surface area contributed by atoms with Crippen LogP contribution in [0.2, 0.25) is 0 Å². The molecule has 130 valence electrons. The van der Waals surface area contributed by atoms with E-state index in [0.29, 0.717) is 6.54 Å². The highest BCUT2D eigenvalue weighted by Gasteiger charge is 2.21. The Kier molecular flexibility index (Phi) is 8.67. The summed E-state index contributed by atoms with van der Waals surface area (Å²) in [5.41, 5.74) is 0. The van der Waals surface area contributed by atoms with Crippen molar-refractivity contribution in [2.75, 3.05) is 51.8 Å². The zero-order valence-electron chi connectivity index (χ0n) is 13.8. The lowest BCUT2D eigenvalue weighted by Gasteiger charge is -2.37. The number of carbonyl (C=O) groups is 1. The molecule has 2 heterocycles. The van der Waals surface area contributed by atoms with Gasteiger partial charge in [-0.15, -0.1) is 35.3 Å². The second-order valence-electron chi connectivity index (χ2n) is 5.28. The number of guanidine groups is 1. The molecule has 0 amide bonds. The number of halogens is 1. The van der Waals surface area contributed by atoms with Crippen molar-refractivity contribution in [3.05, 3.63) is 17.5 Å². The number of carbonyl (C=O) groups excluding carboxylic acids is 1. The van der Waals surface area contributed by atoms with Crippen LogP contribution in [0.4, 0.5) is 5.00 Å². The third-order valence-corrected chi connectivity index (χ3v) is 4.71. The van der Waals surface area contributed by atoms with Crippen molar-refractivity contribution >= 4 is 52.2 Å². The largest absolute Gasteiger partial charge is 0.469 e. The predicted octanol–water partition coefficient (Wildman–Crippen LogP) is 1.87. The van der Waals surface area contributed by atoms with Crippen molar-refractivity contribution in [2.45, 2.75) is 6.92 Å². The minimum absolute atomic E-state index is 0. The maximum atomic E-state index is 11.4. The molecule has 0 radical (unpaired) electrons. The summed E-state index contributed by atoms with van der Waals surface area (Å²) in [5.74, 6) is 0.459.